The number of nitrogens with zero attached hydrogens (tertiary/aromatic N) is 1. The highest BCUT2D eigenvalue weighted by atomic mass is 79.9. The van der Waals surface area contributed by atoms with Gasteiger partial charge in [-0.1, -0.05) is 15.9 Å². The first kappa shape index (κ1) is 13.4. The summed E-state index contributed by atoms with van der Waals surface area (Å²) in [5, 5.41) is 1.04. The van der Waals surface area contributed by atoms with Crippen molar-refractivity contribution in [1.82, 2.24) is 4.90 Å². The van der Waals surface area contributed by atoms with Crippen molar-refractivity contribution in [3.8, 4) is 0 Å². The van der Waals surface area contributed by atoms with Gasteiger partial charge in [-0.2, -0.15) is 0 Å². The van der Waals surface area contributed by atoms with Crippen LogP contribution in [0.25, 0.3) is 0 Å². The van der Waals surface area contributed by atoms with Crippen LogP contribution in [0.4, 0.5) is 0 Å². The topological polar surface area (TPSA) is 21.7 Å². The fourth-order valence-corrected chi connectivity index (χ4v) is 2.43. The summed E-state index contributed by atoms with van der Waals surface area (Å²) >= 11 is 3.50. The van der Waals surface area contributed by atoms with Crippen molar-refractivity contribution in [2.45, 2.75) is 12.8 Å². The van der Waals surface area contributed by atoms with Gasteiger partial charge in [0.15, 0.2) is 0 Å². The van der Waals surface area contributed by atoms with Crippen LogP contribution in [0.15, 0.2) is 0 Å². The first-order chi connectivity index (χ1) is 7.36. The molecule has 1 fully saturated rings. The molecule has 4 heteroatoms. The fraction of sp³-hybridized carbons (Fsp3) is 1.00. The van der Waals surface area contributed by atoms with Crippen LogP contribution in [0.1, 0.15) is 12.8 Å². The third kappa shape index (κ3) is 5.85. The molecule has 1 heterocycles. The average Bonchev–Trinajstić information content (AvgIpc) is 2.28. The van der Waals surface area contributed by atoms with E-state index in [0.29, 0.717) is 0 Å². The number of ether oxygens (including phenoxy) is 2. The molecule has 0 saturated carbocycles. The molecule has 0 amide bonds. The van der Waals surface area contributed by atoms with Gasteiger partial charge in [-0.15, -0.1) is 0 Å². The van der Waals surface area contributed by atoms with Gasteiger partial charge in [0.2, 0.25) is 0 Å². The van der Waals surface area contributed by atoms with E-state index in [4.69, 9.17) is 9.47 Å². The molecular formula is C11H22BrNO2. The van der Waals surface area contributed by atoms with Crippen molar-refractivity contribution in [3.63, 3.8) is 0 Å². The fourth-order valence-electron chi connectivity index (χ4n) is 1.93. The zero-order valence-electron chi connectivity index (χ0n) is 9.58. The highest BCUT2D eigenvalue weighted by molar-refractivity contribution is 9.09. The highest BCUT2D eigenvalue weighted by Crippen LogP contribution is 2.16. The summed E-state index contributed by atoms with van der Waals surface area (Å²) in [7, 11) is 1.76. The predicted molar refractivity (Wildman–Crippen MR) is 65.7 cm³/mol. The van der Waals surface area contributed by atoms with Crippen molar-refractivity contribution in [2.75, 3.05) is 51.9 Å². The molecule has 1 saturated heterocycles. The van der Waals surface area contributed by atoms with E-state index in [9.17, 15) is 0 Å². The molecule has 15 heavy (non-hydrogen) atoms. The molecule has 0 aliphatic carbocycles. The molecule has 1 rings (SSSR count). The first-order valence-electron chi connectivity index (χ1n) is 5.71. The second-order valence-corrected chi connectivity index (χ2v) is 4.83. The van der Waals surface area contributed by atoms with Crippen molar-refractivity contribution in [1.29, 1.82) is 0 Å². The first-order valence-corrected chi connectivity index (χ1v) is 6.84. The molecule has 0 aromatic carbocycles. The Balaban J connectivity index is 2.21. The Labute approximate surface area is 101 Å². The number of rotatable bonds is 7. The smallest absolute Gasteiger partial charge is 0.0589 e. The summed E-state index contributed by atoms with van der Waals surface area (Å²) in [5.74, 6) is 0.814. The molecule has 0 radical (unpaired) electrons. The monoisotopic (exact) mass is 279 g/mol. The Morgan fingerprint density at radius 2 is 2.07 bits per heavy atom. The minimum Gasteiger partial charge on any atom is -0.383 e. The summed E-state index contributed by atoms with van der Waals surface area (Å²) in [5.41, 5.74) is 0. The third-order valence-electron chi connectivity index (χ3n) is 2.87. The summed E-state index contributed by atoms with van der Waals surface area (Å²) < 4.78 is 10.5. The lowest BCUT2D eigenvalue weighted by molar-refractivity contribution is 0.0492. The molecule has 0 spiro atoms. The average molecular weight is 280 g/mol. The summed E-state index contributed by atoms with van der Waals surface area (Å²) in [6.07, 6.45) is 2.43. The molecule has 0 atom stereocenters. The summed E-state index contributed by atoms with van der Waals surface area (Å²) in [6, 6.07) is 0. The quantitative estimate of drug-likeness (QED) is 0.663. The van der Waals surface area contributed by atoms with Crippen molar-refractivity contribution in [2.24, 2.45) is 5.92 Å². The van der Waals surface area contributed by atoms with Crippen LogP contribution in [-0.4, -0.2) is 56.8 Å². The Morgan fingerprint density at radius 1 is 1.33 bits per heavy atom. The highest BCUT2D eigenvalue weighted by Gasteiger charge is 2.16. The van der Waals surface area contributed by atoms with E-state index in [1.54, 1.807) is 7.11 Å². The SMILES string of the molecule is COCCN(CCBr)CC1CCOCC1. The van der Waals surface area contributed by atoms with Gasteiger partial charge in [0.25, 0.3) is 0 Å². The van der Waals surface area contributed by atoms with Crippen molar-refractivity contribution < 1.29 is 9.47 Å². The molecule has 0 aromatic heterocycles. The van der Waals surface area contributed by atoms with Gasteiger partial charge in [-0.25, -0.2) is 0 Å². The van der Waals surface area contributed by atoms with E-state index >= 15 is 0 Å². The second kappa shape index (κ2) is 8.50. The van der Waals surface area contributed by atoms with Crippen LogP contribution in [0.5, 0.6) is 0 Å². The Bertz CT molecular complexity index is 152. The van der Waals surface area contributed by atoms with Gasteiger partial charge in [-0.05, 0) is 18.8 Å². The van der Waals surface area contributed by atoms with Gasteiger partial charge in [0.1, 0.15) is 0 Å². The molecule has 0 aromatic rings. The van der Waals surface area contributed by atoms with E-state index in [1.165, 1.54) is 19.4 Å². The number of alkyl halides is 1. The Kier molecular flexibility index (Phi) is 7.61. The Hall–Kier alpha value is 0.360. The lowest BCUT2D eigenvalue weighted by Gasteiger charge is -2.29. The molecule has 0 unspecified atom stereocenters. The predicted octanol–water partition coefficient (Wildman–Crippen LogP) is 1.76. The lowest BCUT2D eigenvalue weighted by atomic mass is 10.00. The van der Waals surface area contributed by atoms with Crippen LogP contribution in [0.2, 0.25) is 0 Å². The van der Waals surface area contributed by atoms with Crippen LogP contribution in [0, 0.1) is 5.92 Å². The number of hydrogen-bond acceptors (Lipinski definition) is 3. The molecule has 90 valence electrons. The van der Waals surface area contributed by atoms with E-state index in [1.807, 2.05) is 0 Å². The van der Waals surface area contributed by atoms with Crippen LogP contribution < -0.4 is 0 Å². The number of methoxy groups -OCH3 is 1. The van der Waals surface area contributed by atoms with Gasteiger partial charge < -0.3 is 9.47 Å². The van der Waals surface area contributed by atoms with E-state index in [0.717, 1.165) is 44.2 Å². The molecule has 3 nitrogen and oxygen atoms in total. The maximum atomic E-state index is 5.37. The van der Waals surface area contributed by atoms with Gasteiger partial charge in [0, 0.05) is 45.3 Å². The number of hydrogen-bond donors (Lipinski definition) is 0. The standard InChI is InChI=1S/C11H22BrNO2/c1-14-9-6-13(5-4-12)10-11-2-7-15-8-3-11/h11H,2-10H2,1H3. The van der Waals surface area contributed by atoms with Gasteiger partial charge in [0.05, 0.1) is 6.61 Å². The maximum absolute atomic E-state index is 5.37. The minimum atomic E-state index is 0.814. The minimum absolute atomic E-state index is 0.814. The molecule has 0 N–H and O–H groups in total. The number of halogens is 1. The summed E-state index contributed by atoms with van der Waals surface area (Å²) in [6.45, 7) is 6.06. The van der Waals surface area contributed by atoms with Crippen molar-refractivity contribution in [3.05, 3.63) is 0 Å². The van der Waals surface area contributed by atoms with E-state index in [-0.39, 0.29) is 0 Å². The molecule has 1 aliphatic rings. The maximum Gasteiger partial charge on any atom is 0.0589 e. The molecule has 1 aliphatic heterocycles. The van der Waals surface area contributed by atoms with Gasteiger partial charge >= 0.3 is 0 Å². The summed E-state index contributed by atoms with van der Waals surface area (Å²) in [4.78, 5) is 2.48. The Morgan fingerprint density at radius 3 is 2.67 bits per heavy atom. The van der Waals surface area contributed by atoms with Crippen LogP contribution >= 0.6 is 15.9 Å². The normalized spacial score (nSPS) is 18.6. The van der Waals surface area contributed by atoms with E-state index in [2.05, 4.69) is 20.8 Å². The lowest BCUT2D eigenvalue weighted by Crippen LogP contribution is -2.35. The molecule has 0 bridgehead atoms. The van der Waals surface area contributed by atoms with Crippen LogP contribution in [0.3, 0.4) is 0 Å². The third-order valence-corrected chi connectivity index (χ3v) is 3.22. The zero-order chi connectivity index (χ0) is 10.9. The largest absolute Gasteiger partial charge is 0.383 e. The second-order valence-electron chi connectivity index (χ2n) is 4.04. The van der Waals surface area contributed by atoms with Crippen molar-refractivity contribution >= 4 is 15.9 Å². The zero-order valence-corrected chi connectivity index (χ0v) is 11.2. The molecular weight excluding hydrogens is 258 g/mol. The van der Waals surface area contributed by atoms with Gasteiger partial charge in [-0.3, -0.25) is 4.90 Å². The van der Waals surface area contributed by atoms with Crippen LogP contribution in [-0.2, 0) is 9.47 Å². The van der Waals surface area contributed by atoms with E-state index < -0.39 is 0 Å².